The van der Waals surface area contributed by atoms with Gasteiger partial charge in [-0.15, -0.1) is 0 Å². The van der Waals surface area contributed by atoms with Gasteiger partial charge in [-0.2, -0.15) is 5.10 Å². The first-order chi connectivity index (χ1) is 12.4. The van der Waals surface area contributed by atoms with Crippen LogP contribution < -0.4 is 5.32 Å². The average molecular weight is 357 g/mol. The second-order valence-corrected chi connectivity index (χ2v) is 6.83. The Morgan fingerprint density at radius 2 is 1.73 bits per heavy atom. The van der Waals surface area contributed by atoms with Crippen molar-refractivity contribution in [1.82, 2.24) is 20.0 Å². The van der Waals surface area contributed by atoms with Gasteiger partial charge in [-0.1, -0.05) is 38.1 Å². The number of aryl methyl sites for hydroxylation is 2. The summed E-state index contributed by atoms with van der Waals surface area (Å²) in [5, 5.41) is 7.43. The molecule has 0 saturated heterocycles. The zero-order chi connectivity index (χ0) is 19.1. The molecule has 0 aliphatic rings. The van der Waals surface area contributed by atoms with Crippen LogP contribution in [-0.2, 0) is 31.4 Å². The van der Waals surface area contributed by atoms with Crippen LogP contribution in [0.5, 0.6) is 0 Å². The minimum Gasteiger partial charge on any atom is -0.352 e. The van der Waals surface area contributed by atoms with Crippen LogP contribution in [-0.4, -0.2) is 33.7 Å². The minimum absolute atomic E-state index is 0.0832. The number of carbonyl (C=O) groups excluding carboxylic acids is 1. The maximum atomic E-state index is 12.2. The van der Waals surface area contributed by atoms with Crippen LogP contribution in [0.15, 0.2) is 24.3 Å². The van der Waals surface area contributed by atoms with Gasteiger partial charge in [0.15, 0.2) is 0 Å². The molecule has 1 aromatic carbocycles. The molecule has 0 saturated carbocycles. The number of nitrogens with zero attached hydrogens (tertiary/aromatic N) is 3. The fourth-order valence-corrected chi connectivity index (χ4v) is 3.17. The topological polar surface area (TPSA) is 50.2 Å². The number of benzene rings is 1. The highest BCUT2D eigenvalue weighted by Gasteiger charge is 2.11. The molecule has 142 valence electrons. The molecule has 0 bridgehead atoms. The molecule has 2 rings (SSSR count). The van der Waals surface area contributed by atoms with Crippen LogP contribution >= 0.6 is 0 Å². The van der Waals surface area contributed by atoms with E-state index in [1.165, 1.54) is 11.1 Å². The quantitative estimate of drug-likeness (QED) is 0.751. The Hall–Kier alpha value is -2.14. The fraction of sp³-hybridized carbons (Fsp3) is 0.524. The first-order valence-corrected chi connectivity index (χ1v) is 9.50. The largest absolute Gasteiger partial charge is 0.352 e. The first kappa shape index (κ1) is 20.2. The summed E-state index contributed by atoms with van der Waals surface area (Å²) in [5.41, 5.74) is 5.78. The summed E-state index contributed by atoms with van der Waals surface area (Å²) in [5.74, 6) is 0.0832. The first-order valence-electron chi connectivity index (χ1n) is 9.50. The lowest BCUT2D eigenvalue weighted by atomic mass is 10.1. The van der Waals surface area contributed by atoms with Crippen molar-refractivity contribution in [3.05, 3.63) is 52.3 Å². The Bertz CT molecular complexity index is 714. The molecule has 0 spiro atoms. The van der Waals surface area contributed by atoms with Gasteiger partial charge in [0.2, 0.25) is 5.91 Å². The zero-order valence-electron chi connectivity index (χ0n) is 16.8. The minimum atomic E-state index is 0.0832. The third-order valence-electron chi connectivity index (χ3n) is 5.07. The molecule has 1 aromatic heterocycles. The molecule has 0 unspecified atom stereocenters. The van der Waals surface area contributed by atoms with E-state index in [1.807, 2.05) is 25.6 Å². The van der Waals surface area contributed by atoms with Crippen molar-refractivity contribution < 1.29 is 4.79 Å². The highest BCUT2D eigenvalue weighted by molar-refractivity contribution is 5.76. The number of rotatable bonds is 9. The van der Waals surface area contributed by atoms with Crippen molar-refractivity contribution in [3.63, 3.8) is 0 Å². The van der Waals surface area contributed by atoms with E-state index >= 15 is 0 Å². The Kier molecular flexibility index (Phi) is 7.39. The van der Waals surface area contributed by atoms with Gasteiger partial charge in [0.1, 0.15) is 0 Å². The van der Waals surface area contributed by atoms with E-state index in [0.29, 0.717) is 13.0 Å². The molecule has 1 heterocycles. The van der Waals surface area contributed by atoms with Crippen molar-refractivity contribution in [2.45, 2.75) is 53.6 Å². The van der Waals surface area contributed by atoms with E-state index in [0.717, 1.165) is 43.0 Å². The second kappa shape index (κ2) is 9.53. The number of hydrogen-bond acceptors (Lipinski definition) is 3. The van der Waals surface area contributed by atoms with Crippen LogP contribution in [0, 0.1) is 13.8 Å². The van der Waals surface area contributed by atoms with Gasteiger partial charge in [0.05, 0.1) is 5.69 Å². The molecule has 1 N–H and O–H groups in total. The van der Waals surface area contributed by atoms with Crippen molar-refractivity contribution in [2.24, 2.45) is 7.05 Å². The van der Waals surface area contributed by atoms with Gasteiger partial charge in [-0.25, -0.2) is 0 Å². The molecule has 0 radical (unpaired) electrons. The molecule has 0 atom stereocenters. The molecule has 0 fully saturated rings. The van der Waals surface area contributed by atoms with Gasteiger partial charge >= 0.3 is 0 Å². The van der Waals surface area contributed by atoms with E-state index < -0.39 is 0 Å². The molecular weight excluding hydrogens is 324 g/mol. The predicted molar refractivity (Wildman–Crippen MR) is 106 cm³/mol. The second-order valence-electron chi connectivity index (χ2n) is 6.83. The van der Waals surface area contributed by atoms with Crippen molar-refractivity contribution in [3.8, 4) is 0 Å². The van der Waals surface area contributed by atoms with Crippen LogP contribution in [0.3, 0.4) is 0 Å². The number of hydrogen-bond donors (Lipinski definition) is 1. The molecule has 26 heavy (non-hydrogen) atoms. The maximum Gasteiger partial charge on any atom is 0.220 e. The van der Waals surface area contributed by atoms with Gasteiger partial charge < -0.3 is 5.32 Å². The van der Waals surface area contributed by atoms with E-state index in [9.17, 15) is 4.79 Å². The standard InChI is InChI=1S/C21H32N4O/c1-6-25(7-2)15-19-10-8-18(9-11-19)14-22-21(26)13-12-20-16(3)23-24(5)17(20)4/h8-11H,6-7,12-15H2,1-5H3,(H,22,26). The summed E-state index contributed by atoms with van der Waals surface area (Å²) >= 11 is 0. The van der Waals surface area contributed by atoms with Crippen molar-refractivity contribution in [1.29, 1.82) is 0 Å². The molecule has 1 amide bonds. The fourth-order valence-electron chi connectivity index (χ4n) is 3.17. The van der Waals surface area contributed by atoms with Gasteiger partial charge in [0.25, 0.3) is 0 Å². The van der Waals surface area contributed by atoms with Crippen LogP contribution in [0.1, 0.15) is 48.3 Å². The smallest absolute Gasteiger partial charge is 0.220 e. The van der Waals surface area contributed by atoms with Crippen LogP contribution in [0.4, 0.5) is 0 Å². The predicted octanol–water partition coefficient (Wildman–Crippen LogP) is 3.13. The number of amides is 1. The number of nitrogens with one attached hydrogen (secondary N) is 1. The maximum absolute atomic E-state index is 12.2. The van der Waals surface area contributed by atoms with E-state index in [1.54, 1.807) is 0 Å². The molecule has 0 aliphatic heterocycles. The molecule has 2 aromatic rings. The summed E-state index contributed by atoms with van der Waals surface area (Å²) in [4.78, 5) is 14.6. The van der Waals surface area contributed by atoms with E-state index in [4.69, 9.17) is 0 Å². The van der Waals surface area contributed by atoms with Crippen molar-refractivity contribution in [2.75, 3.05) is 13.1 Å². The third kappa shape index (κ3) is 5.43. The molecule has 5 heteroatoms. The Balaban J connectivity index is 1.80. The summed E-state index contributed by atoms with van der Waals surface area (Å²) < 4.78 is 1.88. The average Bonchev–Trinajstić information content (AvgIpc) is 2.89. The Morgan fingerprint density at radius 1 is 1.12 bits per heavy atom. The normalized spacial score (nSPS) is 11.2. The lowest BCUT2D eigenvalue weighted by Gasteiger charge is -2.18. The highest BCUT2D eigenvalue weighted by atomic mass is 16.1. The zero-order valence-corrected chi connectivity index (χ0v) is 16.8. The monoisotopic (exact) mass is 356 g/mol. The molecular formula is C21H32N4O. The van der Waals surface area contributed by atoms with Gasteiger partial charge in [-0.3, -0.25) is 14.4 Å². The Labute approximate surface area is 157 Å². The van der Waals surface area contributed by atoms with Gasteiger partial charge in [-0.05, 0) is 50.0 Å². The summed E-state index contributed by atoms with van der Waals surface area (Å²) in [6, 6.07) is 8.52. The van der Waals surface area contributed by atoms with Crippen molar-refractivity contribution >= 4 is 5.91 Å². The van der Waals surface area contributed by atoms with Gasteiger partial charge in [0, 0.05) is 32.3 Å². The SMILES string of the molecule is CCN(CC)Cc1ccc(CNC(=O)CCc2c(C)nn(C)c2C)cc1. The molecule has 0 aliphatic carbocycles. The lowest BCUT2D eigenvalue weighted by Crippen LogP contribution is -2.23. The lowest BCUT2D eigenvalue weighted by molar-refractivity contribution is -0.121. The van der Waals surface area contributed by atoms with E-state index in [-0.39, 0.29) is 5.91 Å². The van der Waals surface area contributed by atoms with Crippen LogP contribution in [0.2, 0.25) is 0 Å². The van der Waals surface area contributed by atoms with E-state index in [2.05, 4.69) is 53.4 Å². The summed E-state index contributed by atoms with van der Waals surface area (Å²) in [6.07, 6.45) is 1.23. The van der Waals surface area contributed by atoms with Crippen LogP contribution in [0.25, 0.3) is 0 Å². The number of aromatic nitrogens is 2. The number of carbonyl (C=O) groups is 1. The summed E-state index contributed by atoms with van der Waals surface area (Å²) in [6.45, 7) is 12.1. The Morgan fingerprint density at radius 3 is 2.27 bits per heavy atom. The summed E-state index contributed by atoms with van der Waals surface area (Å²) in [7, 11) is 1.94. The third-order valence-corrected chi connectivity index (χ3v) is 5.07. The highest BCUT2D eigenvalue weighted by Crippen LogP contribution is 2.14. The molecule has 5 nitrogen and oxygen atoms in total.